The van der Waals surface area contributed by atoms with Gasteiger partial charge in [0.1, 0.15) is 12.2 Å². The summed E-state index contributed by atoms with van der Waals surface area (Å²) in [6.07, 6.45) is 6.54. The minimum absolute atomic E-state index is 0.0958. The normalized spacial score (nSPS) is 23.8. The summed E-state index contributed by atoms with van der Waals surface area (Å²) in [5, 5.41) is 9.52. The molecular weight excluding hydrogens is 230 g/mol. The first-order chi connectivity index (χ1) is 8.81. The Morgan fingerprint density at radius 2 is 2.33 bits per heavy atom. The number of hydrogen-bond donors (Lipinski definition) is 3. The highest BCUT2D eigenvalue weighted by Gasteiger charge is 2.29. The highest BCUT2D eigenvalue weighted by molar-refractivity contribution is 5.79. The second-order valence-corrected chi connectivity index (χ2v) is 4.86. The third-order valence-electron chi connectivity index (χ3n) is 3.67. The van der Waals surface area contributed by atoms with Crippen molar-refractivity contribution in [2.75, 3.05) is 13.1 Å². The maximum atomic E-state index is 12.1. The molecule has 1 aromatic heterocycles. The molecule has 0 bridgehead atoms. The third kappa shape index (κ3) is 3.29. The molecule has 0 radical (unpaired) electrons. The number of nitrogens with zero attached hydrogens (tertiary/aromatic N) is 2. The van der Waals surface area contributed by atoms with E-state index in [1.165, 1.54) is 12.7 Å². The summed E-state index contributed by atoms with van der Waals surface area (Å²) in [5.74, 6) is 1.39. The molecule has 1 amide bonds. The zero-order chi connectivity index (χ0) is 12.8. The zero-order valence-electron chi connectivity index (χ0n) is 10.6. The number of hydrogen-bond acceptors (Lipinski definition) is 4. The van der Waals surface area contributed by atoms with Crippen molar-refractivity contribution in [3.05, 3.63) is 12.2 Å². The van der Waals surface area contributed by atoms with E-state index in [0.717, 1.165) is 25.1 Å². The van der Waals surface area contributed by atoms with Gasteiger partial charge in [0.05, 0.1) is 0 Å². The smallest absolute Gasteiger partial charge is 0.223 e. The van der Waals surface area contributed by atoms with Gasteiger partial charge in [0.2, 0.25) is 5.91 Å². The molecule has 4 N–H and O–H groups in total. The van der Waals surface area contributed by atoms with E-state index in [9.17, 15) is 4.79 Å². The number of carbonyl (C=O) groups is 1. The number of nitrogens with two attached hydrogens (primary N) is 1. The summed E-state index contributed by atoms with van der Waals surface area (Å²) < 4.78 is 0. The summed E-state index contributed by atoms with van der Waals surface area (Å²) in [7, 11) is 0. The Morgan fingerprint density at radius 1 is 1.50 bits per heavy atom. The van der Waals surface area contributed by atoms with E-state index in [1.54, 1.807) is 0 Å². The highest BCUT2D eigenvalue weighted by Crippen LogP contribution is 2.29. The quantitative estimate of drug-likeness (QED) is 0.698. The number of aromatic amines is 1. The van der Waals surface area contributed by atoms with Crippen molar-refractivity contribution < 1.29 is 4.79 Å². The van der Waals surface area contributed by atoms with Gasteiger partial charge in [-0.05, 0) is 25.3 Å². The van der Waals surface area contributed by atoms with E-state index in [1.807, 2.05) is 0 Å². The zero-order valence-corrected chi connectivity index (χ0v) is 10.6. The predicted molar refractivity (Wildman–Crippen MR) is 67.6 cm³/mol. The first kappa shape index (κ1) is 13.0. The van der Waals surface area contributed by atoms with E-state index in [2.05, 4.69) is 20.5 Å². The molecule has 1 saturated carbocycles. The van der Waals surface area contributed by atoms with Gasteiger partial charge in [-0.3, -0.25) is 9.89 Å². The summed E-state index contributed by atoms with van der Waals surface area (Å²) in [6, 6.07) is 0. The molecule has 2 atom stereocenters. The lowest BCUT2D eigenvalue weighted by molar-refractivity contribution is -0.127. The Morgan fingerprint density at radius 3 is 3.06 bits per heavy atom. The van der Waals surface area contributed by atoms with E-state index in [4.69, 9.17) is 5.73 Å². The largest absolute Gasteiger partial charge is 0.355 e. The molecule has 2 unspecified atom stereocenters. The van der Waals surface area contributed by atoms with E-state index >= 15 is 0 Å². The van der Waals surface area contributed by atoms with Gasteiger partial charge in [-0.1, -0.05) is 12.8 Å². The molecule has 1 fully saturated rings. The van der Waals surface area contributed by atoms with Crippen LogP contribution in [0.2, 0.25) is 0 Å². The molecule has 0 spiro atoms. The fourth-order valence-corrected chi connectivity index (χ4v) is 2.62. The van der Waals surface area contributed by atoms with Gasteiger partial charge in [-0.2, -0.15) is 5.10 Å². The summed E-state index contributed by atoms with van der Waals surface area (Å²) >= 11 is 0. The van der Waals surface area contributed by atoms with Crippen LogP contribution >= 0.6 is 0 Å². The van der Waals surface area contributed by atoms with Crippen LogP contribution in [0.1, 0.15) is 31.5 Å². The van der Waals surface area contributed by atoms with Gasteiger partial charge in [-0.25, -0.2) is 4.98 Å². The minimum atomic E-state index is 0.0958. The monoisotopic (exact) mass is 251 g/mol. The lowest BCUT2D eigenvalue weighted by Crippen LogP contribution is -2.40. The molecule has 1 aromatic rings. The van der Waals surface area contributed by atoms with Gasteiger partial charge < -0.3 is 11.1 Å². The first-order valence-electron chi connectivity index (χ1n) is 6.63. The third-order valence-corrected chi connectivity index (χ3v) is 3.67. The van der Waals surface area contributed by atoms with Crippen molar-refractivity contribution >= 4 is 5.91 Å². The number of rotatable bonds is 5. The SMILES string of the molecule is NCC1CCCCC1C(=O)NCCc1ncn[nH]1. The summed E-state index contributed by atoms with van der Waals surface area (Å²) in [6.45, 7) is 1.21. The molecule has 18 heavy (non-hydrogen) atoms. The average molecular weight is 251 g/mol. The van der Waals surface area contributed by atoms with Crippen LogP contribution in [-0.4, -0.2) is 34.2 Å². The maximum Gasteiger partial charge on any atom is 0.223 e. The van der Waals surface area contributed by atoms with Gasteiger partial charge in [0, 0.05) is 18.9 Å². The fraction of sp³-hybridized carbons (Fsp3) is 0.750. The van der Waals surface area contributed by atoms with Gasteiger partial charge in [0.25, 0.3) is 0 Å². The topological polar surface area (TPSA) is 96.7 Å². The van der Waals surface area contributed by atoms with Gasteiger partial charge in [0.15, 0.2) is 0 Å². The number of H-pyrrole nitrogens is 1. The number of carbonyl (C=O) groups excluding carboxylic acids is 1. The number of amides is 1. The van der Waals surface area contributed by atoms with Crippen molar-refractivity contribution in [1.82, 2.24) is 20.5 Å². The van der Waals surface area contributed by atoms with Gasteiger partial charge >= 0.3 is 0 Å². The number of aromatic nitrogens is 3. The molecule has 6 nitrogen and oxygen atoms in total. The van der Waals surface area contributed by atoms with Crippen LogP contribution in [0.25, 0.3) is 0 Å². The summed E-state index contributed by atoms with van der Waals surface area (Å²) in [4.78, 5) is 16.1. The Bertz CT molecular complexity index is 365. The highest BCUT2D eigenvalue weighted by atomic mass is 16.1. The fourth-order valence-electron chi connectivity index (χ4n) is 2.62. The van der Waals surface area contributed by atoms with Crippen LogP contribution in [0.3, 0.4) is 0 Å². The molecule has 100 valence electrons. The molecule has 2 rings (SSSR count). The lowest BCUT2D eigenvalue weighted by atomic mass is 9.79. The van der Waals surface area contributed by atoms with Crippen LogP contribution < -0.4 is 11.1 Å². The van der Waals surface area contributed by atoms with Gasteiger partial charge in [-0.15, -0.1) is 0 Å². The lowest BCUT2D eigenvalue weighted by Gasteiger charge is -2.29. The Balaban J connectivity index is 1.76. The Hall–Kier alpha value is -1.43. The van der Waals surface area contributed by atoms with Crippen LogP contribution in [-0.2, 0) is 11.2 Å². The average Bonchev–Trinajstić information content (AvgIpc) is 2.91. The van der Waals surface area contributed by atoms with Crippen molar-refractivity contribution in [2.45, 2.75) is 32.1 Å². The standard InChI is InChI=1S/C12H21N5O/c13-7-9-3-1-2-4-10(9)12(18)14-6-5-11-15-8-16-17-11/h8-10H,1-7,13H2,(H,14,18)(H,15,16,17). The second kappa shape index (κ2) is 6.49. The van der Waals surface area contributed by atoms with Crippen LogP contribution in [0.15, 0.2) is 6.33 Å². The predicted octanol–water partition coefficient (Wildman–Crippen LogP) is 0.229. The minimum Gasteiger partial charge on any atom is -0.355 e. The molecule has 0 aliphatic heterocycles. The van der Waals surface area contributed by atoms with Crippen LogP contribution in [0, 0.1) is 11.8 Å². The van der Waals surface area contributed by atoms with Crippen molar-refractivity contribution in [1.29, 1.82) is 0 Å². The molecule has 0 aromatic carbocycles. The Labute approximate surface area is 107 Å². The molecule has 1 aliphatic rings. The maximum absolute atomic E-state index is 12.1. The molecule has 0 saturated heterocycles. The van der Waals surface area contributed by atoms with E-state index in [0.29, 0.717) is 25.4 Å². The Kier molecular flexibility index (Phi) is 4.69. The van der Waals surface area contributed by atoms with Crippen molar-refractivity contribution in [3.8, 4) is 0 Å². The number of nitrogens with one attached hydrogen (secondary N) is 2. The van der Waals surface area contributed by atoms with Crippen molar-refractivity contribution in [3.63, 3.8) is 0 Å². The van der Waals surface area contributed by atoms with Crippen molar-refractivity contribution in [2.24, 2.45) is 17.6 Å². The van der Waals surface area contributed by atoms with E-state index < -0.39 is 0 Å². The molecule has 1 heterocycles. The van der Waals surface area contributed by atoms with Crippen LogP contribution in [0.5, 0.6) is 0 Å². The van der Waals surface area contributed by atoms with Crippen LogP contribution in [0.4, 0.5) is 0 Å². The molecule has 6 heteroatoms. The molecular formula is C12H21N5O. The molecule has 1 aliphatic carbocycles. The first-order valence-corrected chi connectivity index (χ1v) is 6.63. The second-order valence-electron chi connectivity index (χ2n) is 4.86. The van der Waals surface area contributed by atoms with E-state index in [-0.39, 0.29) is 11.8 Å². The summed E-state index contributed by atoms with van der Waals surface area (Å²) in [5.41, 5.74) is 5.73.